The van der Waals surface area contributed by atoms with Gasteiger partial charge in [-0.1, -0.05) is 6.92 Å². The minimum absolute atomic E-state index is 0.599. The van der Waals surface area contributed by atoms with E-state index in [1.807, 2.05) is 0 Å². The van der Waals surface area contributed by atoms with Gasteiger partial charge < -0.3 is 14.6 Å². The molecule has 0 unspecified atom stereocenters. The highest BCUT2D eigenvalue weighted by Gasteiger charge is 2.02. The molecule has 1 atom stereocenters. The third-order valence-electron chi connectivity index (χ3n) is 2.91. The summed E-state index contributed by atoms with van der Waals surface area (Å²) in [5.74, 6) is 0. The van der Waals surface area contributed by atoms with E-state index < -0.39 is 0 Å². The van der Waals surface area contributed by atoms with Gasteiger partial charge in [-0.25, -0.2) is 0 Å². The lowest BCUT2D eigenvalue weighted by Crippen LogP contribution is -2.15. The fraction of sp³-hybridized carbons (Fsp3) is 0.692. The van der Waals surface area contributed by atoms with Gasteiger partial charge in [-0.3, -0.25) is 0 Å². The zero-order valence-electron chi connectivity index (χ0n) is 10.7. The summed E-state index contributed by atoms with van der Waals surface area (Å²) in [5, 5.41) is 3.41. The van der Waals surface area contributed by atoms with Gasteiger partial charge >= 0.3 is 0 Å². The normalized spacial score (nSPS) is 12.9. The highest BCUT2D eigenvalue weighted by atomic mass is 16.5. The lowest BCUT2D eigenvalue weighted by atomic mass is 10.2. The summed E-state index contributed by atoms with van der Waals surface area (Å²) in [4.78, 5) is 0. The zero-order chi connectivity index (χ0) is 11.8. The molecule has 1 N–H and O–H groups in total. The molecule has 0 bridgehead atoms. The number of rotatable bonds is 8. The molecule has 0 aliphatic carbocycles. The number of nitrogens with one attached hydrogen (secondary N) is 1. The van der Waals surface area contributed by atoms with E-state index in [9.17, 15) is 0 Å². The van der Waals surface area contributed by atoms with Crippen LogP contribution in [0.3, 0.4) is 0 Å². The Morgan fingerprint density at radius 3 is 3.00 bits per heavy atom. The van der Waals surface area contributed by atoms with Gasteiger partial charge in [-0.15, -0.1) is 0 Å². The third kappa shape index (κ3) is 4.37. The van der Waals surface area contributed by atoms with Crippen molar-refractivity contribution in [2.45, 2.75) is 39.3 Å². The Balaban J connectivity index is 2.24. The minimum Gasteiger partial charge on any atom is -0.385 e. The molecule has 0 fully saturated rings. The van der Waals surface area contributed by atoms with Crippen molar-refractivity contribution in [2.24, 2.45) is 0 Å². The van der Waals surface area contributed by atoms with Crippen molar-refractivity contribution in [2.75, 3.05) is 20.3 Å². The van der Waals surface area contributed by atoms with Gasteiger partial charge in [-0.2, -0.15) is 0 Å². The van der Waals surface area contributed by atoms with Gasteiger partial charge in [0.1, 0.15) is 0 Å². The van der Waals surface area contributed by atoms with Crippen LogP contribution in [0, 0.1) is 0 Å². The number of nitrogens with zero attached hydrogens (tertiary/aromatic N) is 1. The Labute approximate surface area is 98.8 Å². The SMILES string of the molecule is CC[C@@H](C)n1ccc(CNCCCOC)c1. The van der Waals surface area contributed by atoms with Crippen LogP contribution in [0.1, 0.15) is 38.3 Å². The van der Waals surface area contributed by atoms with E-state index in [-0.39, 0.29) is 0 Å². The molecule has 0 spiro atoms. The maximum Gasteiger partial charge on any atom is 0.0474 e. The minimum atomic E-state index is 0.599. The first-order chi connectivity index (χ1) is 7.77. The number of methoxy groups -OCH3 is 1. The van der Waals surface area contributed by atoms with E-state index in [1.54, 1.807) is 7.11 Å². The molecule has 0 aliphatic heterocycles. The van der Waals surface area contributed by atoms with Crippen LogP contribution in [-0.4, -0.2) is 24.8 Å². The fourth-order valence-corrected chi connectivity index (χ4v) is 1.62. The monoisotopic (exact) mass is 224 g/mol. The van der Waals surface area contributed by atoms with E-state index in [1.165, 1.54) is 12.0 Å². The van der Waals surface area contributed by atoms with Crippen LogP contribution in [0.25, 0.3) is 0 Å². The first-order valence-electron chi connectivity index (χ1n) is 6.14. The maximum absolute atomic E-state index is 5.00. The molecular weight excluding hydrogens is 200 g/mol. The molecule has 92 valence electrons. The molecule has 1 heterocycles. The largest absolute Gasteiger partial charge is 0.385 e. The molecule has 16 heavy (non-hydrogen) atoms. The summed E-state index contributed by atoms with van der Waals surface area (Å²) >= 11 is 0. The van der Waals surface area contributed by atoms with Gasteiger partial charge in [0.25, 0.3) is 0 Å². The highest BCUT2D eigenvalue weighted by Crippen LogP contribution is 2.12. The summed E-state index contributed by atoms with van der Waals surface area (Å²) in [7, 11) is 1.74. The first kappa shape index (κ1) is 13.3. The molecule has 0 saturated carbocycles. The number of hydrogen-bond donors (Lipinski definition) is 1. The summed E-state index contributed by atoms with van der Waals surface area (Å²) in [6, 6.07) is 2.79. The zero-order valence-corrected chi connectivity index (χ0v) is 10.7. The first-order valence-corrected chi connectivity index (χ1v) is 6.14. The lowest BCUT2D eigenvalue weighted by Gasteiger charge is -2.10. The highest BCUT2D eigenvalue weighted by molar-refractivity contribution is 5.10. The molecule has 1 aromatic rings. The average molecular weight is 224 g/mol. The second-order valence-electron chi connectivity index (χ2n) is 4.25. The van der Waals surface area contributed by atoms with Crippen LogP contribution in [0.2, 0.25) is 0 Å². The van der Waals surface area contributed by atoms with Gasteiger partial charge in [0.2, 0.25) is 0 Å². The van der Waals surface area contributed by atoms with Gasteiger partial charge in [0, 0.05) is 38.7 Å². The summed E-state index contributed by atoms with van der Waals surface area (Å²) in [6.45, 7) is 7.26. The van der Waals surface area contributed by atoms with Gasteiger partial charge in [0.15, 0.2) is 0 Å². The molecule has 3 nitrogen and oxygen atoms in total. The molecule has 0 aliphatic rings. The van der Waals surface area contributed by atoms with Gasteiger partial charge in [-0.05, 0) is 37.9 Å². The Kier molecular flexibility index (Phi) is 6.19. The predicted octanol–water partition coefficient (Wildman–Crippen LogP) is 2.59. The van der Waals surface area contributed by atoms with E-state index in [0.29, 0.717) is 6.04 Å². The summed E-state index contributed by atoms with van der Waals surface area (Å²) < 4.78 is 7.28. The second kappa shape index (κ2) is 7.47. The number of aromatic nitrogens is 1. The van der Waals surface area contributed by atoms with Crippen molar-refractivity contribution in [1.29, 1.82) is 0 Å². The average Bonchev–Trinajstić information content (AvgIpc) is 2.76. The van der Waals surface area contributed by atoms with Crippen molar-refractivity contribution in [1.82, 2.24) is 9.88 Å². The van der Waals surface area contributed by atoms with Crippen molar-refractivity contribution >= 4 is 0 Å². The van der Waals surface area contributed by atoms with Crippen LogP contribution in [-0.2, 0) is 11.3 Å². The summed E-state index contributed by atoms with van der Waals surface area (Å²) in [6.07, 6.45) is 6.65. The maximum atomic E-state index is 5.00. The molecule has 0 aromatic carbocycles. The Morgan fingerprint density at radius 1 is 1.50 bits per heavy atom. The van der Waals surface area contributed by atoms with Gasteiger partial charge in [0.05, 0.1) is 0 Å². The van der Waals surface area contributed by atoms with Crippen molar-refractivity contribution in [3.05, 3.63) is 24.0 Å². The lowest BCUT2D eigenvalue weighted by molar-refractivity contribution is 0.194. The van der Waals surface area contributed by atoms with Crippen LogP contribution >= 0.6 is 0 Å². The molecule has 0 saturated heterocycles. The van der Waals surface area contributed by atoms with Crippen LogP contribution < -0.4 is 5.32 Å². The van der Waals surface area contributed by atoms with E-state index in [0.717, 1.165) is 26.1 Å². The second-order valence-corrected chi connectivity index (χ2v) is 4.25. The quantitative estimate of drug-likeness (QED) is 0.687. The third-order valence-corrected chi connectivity index (χ3v) is 2.91. The predicted molar refractivity (Wildman–Crippen MR) is 67.6 cm³/mol. The molecular formula is C13H24N2O. The van der Waals surface area contributed by atoms with Crippen LogP contribution in [0.15, 0.2) is 18.5 Å². The fourth-order valence-electron chi connectivity index (χ4n) is 1.62. The standard InChI is InChI=1S/C13H24N2O/c1-4-12(2)15-8-6-13(11-15)10-14-7-5-9-16-3/h6,8,11-12,14H,4-5,7,9-10H2,1-3H3/t12-/m1/s1. The molecule has 1 aromatic heterocycles. The molecule has 0 radical (unpaired) electrons. The van der Waals surface area contributed by atoms with Crippen LogP contribution in [0.5, 0.6) is 0 Å². The Morgan fingerprint density at radius 2 is 2.31 bits per heavy atom. The topological polar surface area (TPSA) is 26.2 Å². The van der Waals surface area contributed by atoms with E-state index in [4.69, 9.17) is 4.74 Å². The number of hydrogen-bond acceptors (Lipinski definition) is 2. The number of ether oxygens (including phenoxy) is 1. The smallest absolute Gasteiger partial charge is 0.0474 e. The Bertz CT molecular complexity index is 283. The van der Waals surface area contributed by atoms with E-state index in [2.05, 4.69) is 42.2 Å². The van der Waals surface area contributed by atoms with Crippen molar-refractivity contribution in [3.8, 4) is 0 Å². The molecule has 0 amide bonds. The van der Waals surface area contributed by atoms with Crippen LogP contribution in [0.4, 0.5) is 0 Å². The van der Waals surface area contributed by atoms with E-state index >= 15 is 0 Å². The molecule has 3 heteroatoms. The van der Waals surface area contributed by atoms with Crippen molar-refractivity contribution < 1.29 is 4.74 Å². The summed E-state index contributed by atoms with van der Waals surface area (Å²) in [5.41, 5.74) is 1.36. The Hall–Kier alpha value is -0.800. The van der Waals surface area contributed by atoms with Crippen molar-refractivity contribution in [3.63, 3.8) is 0 Å². The molecule has 1 rings (SSSR count).